The highest BCUT2D eigenvalue weighted by molar-refractivity contribution is 5.83. The van der Waals surface area contributed by atoms with Crippen molar-refractivity contribution < 1.29 is 9.47 Å². The van der Waals surface area contributed by atoms with E-state index in [9.17, 15) is 4.79 Å². The van der Waals surface area contributed by atoms with Gasteiger partial charge in [0, 0.05) is 30.1 Å². The van der Waals surface area contributed by atoms with Gasteiger partial charge < -0.3 is 14.5 Å². The number of nitrogens with one attached hydrogen (secondary N) is 1. The maximum atomic E-state index is 13.6. The Bertz CT molecular complexity index is 1460. The maximum absolute atomic E-state index is 13.6. The number of benzene rings is 2. The Hall–Kier alpha value is -3.72. The molecule has 2 aromatic heterocycles. The van der Waals surface area contributed by atoms with Crippen LogP contribution in [0, 0.1) is 0 Å². The summed E-state index contributed by atoms with van der Waals surface area (Å²) in [6.45, 7) is 1.53. The molecule has 1 N–H and O–H groups in total. The number of rotatable bonds is 6. The van der Waals surface area contributed by atoms with Crippen LogP contribution in [0.4, 0.5) is 0 Å². The molecule has 1 fully saturated rings. The van der Waals surface area contributed by atoms with Crippen molar-refractivity contribution in [2.24, 2.45) is 0 Å². The number of hydrogen-bond donors (Lipinski definition) is 1. The first-order chi connectivity index (χ1) is 17.7. The van der Waals surface area contributed by atoms with Gasteiger partial charge in [0.25, 0.3) is 5.56 Å². The van der Waals surface area contributed by atoms with Gasteiger partial charge in [-0.15, -0.1) is 5.10 Å². The molecule has 1 aliphatic heterocycles. The predicted molar refractivity (Wildman–Crippen MR) is 135 cm³/mol. The molecule has 1 atom stereocenters. The van der Waals surface area contributed by atoms with Crippen molar-refractivity contribution in [2.75, 3.05) is 20.8 Å². The summed E-state index contributed by atoms with van der Waals surface area (Å²) in [5.41, 5.74) is 3.80. The average molecular weight is 487 g/mol. The molecule has 1 aliphatic carbocycles. The van der Waals surface area contributed by atoms with Gasteiger partial charge in [-0.25, -0.2) is 4.68 Å². The fraction of sp³-hybridized carbons (Fsp3) is 0.407. The van der Waals surface area contributed by atoms with Gasteiger partial charge in [0.05, 0.1) is 25.8 Å². The summed E-state index contributed by atoms with van der Waals surface area (Å²) < 4.78 is 12.9. The summed E-state index contributed by atoms with van der Waals surface area (Å²) in [4.78, 5) is 19.0. The van der Waals surface area contributed by atoms with Gasteiger partial charge in [-0.05, 0) is 52.9 Å². The van der Waals surface area contributed by atoms with Crippen LogP contribution < -0.4 is 15.0 Å². The summed E-state index contributed by atoms with van der Waals surface area (Å²) in [6, 6.07) is 14.0. The number of hydrogen-bond acceptors (Lipinski definition) is 7. The Balaban J connectivity index is 1.51. The first-order valence-corrected chi connectivity index (χ1v) is 12.5. The van der Waals surface area contributed by atoms with E-state index in [2.05, 4.69) is 49.7 Å². The van der Waals surface area contributed by atoms with Crippen LogP contribution in [0.5, 0.6) is 11.5 Å². The molecule has 0 bridgehead atoms. The minimum Gasteiger partial charge on any atom is -0.493 e. The first-order valence-electron chi connectivity index (χ1n) is 12.5. The number of pyridine rings is 1. The van der Waals surface area contributed by atoms with Crippen LogP contribution in [-0.2, 0) is 13.0 Å². The third-order valence-electron chi connectivity index (χ3n) is 7.63. The summed E-state index contributed by atoms with van der Waals surface area (Å²) in [5, 5.41) is 13.9. The van der Waals surface area contributed by atoms with Gasteiger partial charge in [0.1, 0.15) is 6.04 Å². The van der Waals surface area contributed by atoms with Crippen molar-refractivity contribution in [2.45, 2.75) is 50.7 Å². The molecule has 9 nitrogen and oxygen atoms in total. The second kappa shape index (κ2) is 9.39. The average Bonchev–Trinajstić information content (AvgIpc) is 3.61. The molecule has 2 aromatic carbocycles. The molecule has 0 amide bonds. The number of nitrogens with zero attached hydrogens (tertiary/aromatic N) is 5. The van der Waals surface area contributed by atoms with E-state index in [0.717, 1.165) is 43.6 Å². The van der Waals surface area contributed by atoms with Crippen molar-refractivity contribution in [3.8, 4) is 11.5 Å². The van der Waals surface area contributed by atoms with Crippen molar-refractivity contribution in [3.05, 3.63) is 75.3 Å². The van der Waals surface area contributed by atoms with Crippen molar-refractivity contribution >= 4 is 10.9 Å². The zero-order chi connectivity index (χ0) is 24.6. The molecule has 3 heterocycles. The largest absolute Gasteiger partial charge is 0.493 e. The third-order valence-corrected chi connectivity index (χ3v) is 7.63. The number of ether oxygens (including phenoxy) is 2. The molecule has 0 radical (unpaired) electrons. The Morgan fingerprint density at radius 1 is 1.03 bits per heavy atom. The molecule has 4 aromatic rings. The molecular weight excluding hydrogens is 456 g/mol. The molecule has 9 heteroatoms. The highest BCUT2D eigenvalue weighted by Crippen LogP contribution is 2.37. The summed E-state index contributed by atoms with van der Waals surface area (Å²) in [7, 11) is 3.20. The normalized spacial score (nSPS) is 17.3. The second-order valence-corrected chi connectivity index (χ2v) is 9.66. The molecule has 6 rings (SSSR count). The summed E-state index contributed by atoms with van der Waals surface area (Å²) in [6.07, 6.45) is 5.36. The highest BCUT2D eigenvalue weighted by atomic mass is 16.5. The lowest BCUT2D eigenvalue weighted by Crippen LogP contribution is -2.39. The van der Waals surface area contributed by atoms with Crippen molar-refractivity contribution in [3.63, 3.8) is 0 Å². The van der Waals surface area contributed by atoms with E-state index in [0.29, 0.717) is 22.6 Å². The van der Waals surface area contributed by atoms with Crippen LogP contribution >= 0.6 is 0 Å². The van der Waals surface area contributed by atoms with E-state index in [4.69, 9.17) is 9.47 Å². The minimum absolute atomic E-state index is 0.153. The van der Waals surface area contributed by atoms with Gasteiger partial charge in [0.15, 0.2) is 17.3 Å². The number of fused-ring (bicyclic) bond motifs is 2. The number of aromatic amines is 1. The van der Waals surface area contributed by atoms with Crippen LogP contribution in [-0.4, -0.2) is 50.9 Å². The highest BCUT2D eigenvalue weighted by Gasteiger charge is 2.34. The number of H-pyrrole nitrogens is 1. The van der Waals surface area contributed by atoms with Crippen LogP contribution in [0.15, 0.2) is 47.3 Å². The molecular formula is C27H30N6O3. The van der Waals surface area contributed by atoms with Crippen LogP contribution in [0.1, 0.15) is 60.3 Å². The fourth-order valence-electron chi connectivity index (χ4n) is 5.78. The predicted octanol–water partition coefficient (Wildman–Crippen LogP) is 3.79. The lowest BCUT2D eigenvalue weighted by molar-refractivity contribution is 0.190. The van der Waals surface area contributed by atoms with Gasteiger partial charge in [-0.1, -0.05) is 37.1 Å². The molecule has 1 saturated carbocycles. The Kier molecular flexibility index (Phi) is 5.92. The summed E-state index contributed by atoms with van der Waals surface area (Å²) >= 11 is 0. The van der Waals surface area contributed by atoms with Gasteiger partial charge in [0.2, 0.25) is 0 Å². The smallest absolute Gasteiger partial charge is 0.253 e. The zero-order valence-corrected chi connectivity index (χ0v) is 20.6. The molecule has 0 spiro atoms. The molecule has 2 aliphatic rings. The monoisotopic (exact) mass is 486 g/mol. The maximum Gasteiger partial charge on any atom is 0.253 e. The van der Waals surface area contributed by atoms with E-state index in [1.807, 2.05) is 16.8 Å². The van der Waals surface area contributed by atoms with Crippen LogP contribution in [0.25, 0.3) is 10.9 Å². The number of methoxy groups -OCH3 is 2. The minimum atomic E-state index is -0.379. The lowest BCUT2D eigenvalue weighted by atomic mass is 9.95. The third kappa shape index (κ3) is 3.93. The van der Waals surface area contributed by atoms with Crippen LogP contribution in [0.2, 0.25) is 0 Å². The van der Waals surface area contributed by atoms with Crippen molar-refractivity contribution in [1.29, 1.82) is 0 Å². The molecule has 186 valence electrons. The summed E-state index contributed by atoms with van der Waals surface area (Å²) in [5.74, 6) is 1.91. The van der Waals surface area contributed by atoms with Gasteiger partial charge >= 0.3 is 0 Å². The second-order valence-electron chi connectivity index (χ2n) is 9.66. The zero-order valence-electron chi connectivity index (χ0n) is 20.6. The number of tetrazole rings is 1. The van der Waals surface area contributed by atoms with E-state index in [-0.39, 0.29) is 17.6 Å². The Labute approximate surface area is 209 Å². The van der Waals surface area contributed by atoms with Gasteiger partial charge in [-0.2, -0.15) is 0 Å². The van der Waals surface area contributed by atoms with E-state index in [1.165, 1.54) is 24.0 Å². The standard InChI is InChI=1S/C27H30N6O3/c1-35-23-14-19-13-21(27(34)28-22(19)15-24(23)36-2)25(26-29-30-31-33(26)20-9-5-6-10-20)32-12-11-17-7-3-4-8-18(17)16-32/h3-4,7-8,13-15,20,25H,5-6,9-12,16H2,1-2H3,(H,28,34)/t25-/m0/s1. The Morgan fingerprint density at radius 2 is 1.78 bits per heavy atom. The van der Waals surface area contributed by atoms with E-state index in [1.54, 1.807) is 20.3 Å². The Morgan fingerprint density at radius 3 is 2.56 bits per heavy atom. The molecule has 0 unspecified atom stereocenters. The van der Waals surface area contributed by atoms with Crippen molar-refractivity contribution in [1.82, 2.24) is 30.1 Å². The molecule has 0 saturated heterocycles. The van der Waals surface area contributed by atoms with E-state index >= 15 is 0 Å². The fourth-order valence-corrected chi connectivity index (χ4v) is 5.78. The van der Waals surface area contributed by atoms with E-state index < -0.39 is 0 Å². The lowest BCUT2D eigenvalue weighted by Gasteiger charge is -2.35. The quantitative estimate of drug-likeness (QED) is 0.443. The first kappa shape index (κ1) is 22.7. The molecule has 36 heavy (non-hydrogen) atoms. The van der Waals surface area contributed by atoms with Crippen LogP contribution in [0.3, 0.4) is 0 Å². The number of aromatic nitrogens is 5. The SMILES string of the molecule is COc1cc2cc([C@@H](c3nnnn3C3CCCC3)N3CCc4ccccc4C3)c(=O)[nH]c2cc1OC. The van der Waals surface area contributed by atoms with Gasteiger partial charge in [-0.3, -0.25) is 9.69 Å². The topological polar surface area (TPSA) is 98.2 Å².